The number of hydrogen-bond acceptors (Lipinski definition) is 5. The number of rotatable bonds is 6. The van der Waals surface area contributed by atoms with Crippen molar-refractivity contribution in [3.05, 3.63) is 42.0 Å². The summed E-state index contributed by atoms with van der Waals surface area (Å²) in [6, 6.07) is 6.34. The molecule has 0 aromatic heterocycles. The van der Waals surface area contributed by atoms with Gasteiger partial charge in [0.15, 0.2) is 6.61 Å². The lowest BCUT2D eigenvalue weighted by Crippen LogP contribution is -2.45. The Balaban J connectivity index is 1.35. The zero-order chi connectivity index (χ0) is 20.7. The van der Waals surface area contributed by atoms with E-state index in [2.05, 4.69) is 5.32 Å². The number of amides is 3. The van der Waals surface area contributed by atoms with Crippen molar-refractivity contribution in [3.63, 3.8) is 0 Å². The molecule has 2 fully saturated rings. The van der Waals surface area contributed by atoms with Gasteiger partial charge >= 0.3 is 5.97 Å². The molecule has 2 bridgehead atoms. The van der Waals surface area contributed by atoms with E-state index in [1.807, 2.05) is 37.3 Å². The second kappa shape index (κ2) is 7.46. The highest BCUT2D eigenvalue weighted by atomic mass is 16.5. The maximum absolute atomic E-state index is 12.8. The van der Waals surface area contributed by atoms with Gasteiger partial charge in [-0.2, -0.15) is 0 Å². The maximum Gasteiger partial charge on any atom is 0.329 e. The number of aryl methyl sites for hydroxylation is 1. The molecule has 1 aromatic rings. The molecule has 1 aromatic carbocycles. The average molecular weight is 396 g/mol. The summed E-state index contributed by atoms with van der Waals surface area (Å²) in [6.45, 7) is 2.98. The summed E-state index contributed by atoms with van der Waals surface area (Å²) in [6.07, 6.45) is 5.59. The summed E-state index contributed by atoms with van der Waals surface area (Å²) in [7, 11) is 0. The highest BCUT2D eigenvalue weighted by Gasteiger charge is 2.60. The number of carbonyl (C=O) groups is 4. The van der Waals surface area contributed by atoms with E-state index in [1.165, 1.54) is 6.92 Å². The molecule has 2 aliphatic carbocycles. The molecule has 5 atom stereocenters. The number of hydrogen-bond donors (Lipinski definition) is 1. The van der Waals surface area contributed by atoms with Crippen LogP contribution in [-0.4, -0.2) is 41.2 Å². The number of fused-ring (bicyclic) bond motifs is 5. The lowest BCUT2D eigenvalue weighted by atomic mass is 9.85. The first-order valence-corrected chi connectivity index (χ1v) is 10.0. The first kappa shape index (κ1) is 19.4. The number of para-hydroxylation sites is 1. The zero-order valence-corrected chi connectivity index (χ0v) is 16.5. The van der Waals surface area contributed by atoms with E-state index < -0.39 is 24.5 Å². The van der Waals surface area contributed by atoms with Crippen LogP contribution in [0.15, 0.2) is 36.4 Å². The molecule has 3 aliphatic rings. The van der Waals surface area contributed by atoms with Crippen LogP contribution in [0.4, 0.5) is 5.69 Å². The minimum absolute atomic E-state index is 0.0825. The van der Waals surface area contributed by atoms with Gasteiger partial charge in [-0.1, -0.05) is 37.3 Å². The second-order valence-electron chi connectivity index (χ2n) is 7.89. The number of nitrogens with zero attached hydrogens (tertiary/aromatic N) is 1. The molecule has 152 valence electrons. The minimum Gasteiger partial charge on any atom is -0.454 e. The van der Waals surface area contributed by atoms with Crippen LogP contribution < -0.4 is 5.32 Å². The van der Waals surface area contributed by atoms with Gasteiger partial charge in [0.25, 0.3) is 5.91 Å². The smallest absolute Gasteiger partial charge is 0.329 e. The Kier molecular flexibility index (Phi) is 4.98. The number of anilines is 1. The molecule has 0 unspecified atom stereocenters. The molecule has 7 nitrogen and oxygen atoms in total. The van der Waals surface area contributed by atoms with E-state index in [0.717, 1.165) is 23.3 Å². The molecule has 29 heavy (non-hydrogen) atoms. The number of imide groups is 1. The molecule has 1 N–H and O–H groups in total. The molecular formula is C22H24N2O5. The third-order valence-electron chi connectivity index (χ3n) is 6.25. The SMILES string of the molecule is CCc1ccccc1NC(=O)COC(=O)[C@H](C)N1C(=O)[C@H]2[C@H](C1=O)[C@H]1C=C[C@H]2C1. The standard InChI is InChI=1S/C22H24N2O5/c1-3-13-6-4-5-7-16(13)23-17(25)11-29-22(28)12(2)24-20(26)18-14-8-9-15(10-14)19(18)21(24)27/h4-9,12,14-15,18-19H,3,10-11H2,1-2H3,(H,23,25)/t12-,14-,15-,18+,19+/m0/s1. The Labute approximate surface area is 169 Å². The number of ether oxygens (including phenoxy) is 1. The van der Waals surface area contributed by atoms with Crippen LogP contribution in [0.25, 0.3) is 0 Å². The lowest BCUT2D eigenvalue weighted by molar-refractivity contribution is -0.159. The van der Waals surface area contributed by atoms with Gasteiger partial charge in [-0.05, 0) is 43.2 Å². The van der Waals surface area contributed by atoms with Crippen LogP contribution in [0, 0.1) is 23.7 Å². The Hall–Kier alpha value is -2.96. The lowest BCUT2D eigenvalue weighted by Gasteiger charge is -2.23. The third kappa shape index (κ3) is 3.24. The topological polar surface area (TPSA) is 92.8 Å². The molecule has 1 saturated heterocycles. The van der Waals surface area contributed by atoms with Crippen molar-refractivity contribution >= 4 is 29.4 Å². The summed E-state index contributed by atoms with van der Waals surface area (Å²) < 4.78 is 5.10. The highest BCUT2D eigenvalue weighted by molar-refractivity contribution is 6.09. The molecule has 0 radical (unpaired) electrons. The van der Waals surface area contributed by atoms with Crippen LogP contribution in [0.1, 0.15) is 25.8 Å². The number of allylic oxidation sites excluding steroid dienone is 2. The van der Waals surface area contributed by atoms with Gasteiger partial charge in [0, 0.05) is 5.69 Å². The predicted octanol–water partition coefficient (Wildman–Crippen LogP) is 1.93. The minimum atomic E-state index is -1.05. The molecule has 1 heterocycles. The van der Waals surface area contributed by atoms with Gasteiger partial charge < -0.3 is 10.1 Å². The Morgan fingerprint density at radius 2 is 1.76 bits per heavy atom. The zero-order valence-electron chi connectivity index (χ0n) is 16.5. The number of esters is 1. The highest BCUT2D eigenvalue weighted by Crippen LogP contribution is 2.52. The third-order valence-corrected chi connectivity index (χ3v) is 6.25. The molecular weight excluding hydrogens is 372 g/mol. The van der Waals surface area contributed by atoms with E-state index in [1.54, 1.807) is 6.07 Å². The Bertz CT molecular complexity index is 878. The van der Waals surface area contributed by atoms with Crippen molar-refractivity contribution in [2.75, 3.05) is 11.9 Å². The van der Waals surface area contributed by atoms with Gasteiger partial charge in [0.1, 0.15) is 6.04 Å². The fourth-order valence-corrected chi connectivity index (χ4v) is 4.81. The summed E-state index contributed by atoms with van der Waals surface area (Å²) in [5.74, 6) is -2.39. The van der Waals surface area contributed by atoms with Crippen molar-refractivity contribution in [2.45, 2.75) is 32.7 Å². The summed E-state index contributed by atoms with van der Waals surface area (Å²) in [4.78, 5) is 51.2. The van der Waals surface area contributed by atoms with Crippen LogP contribution in [0.5, 0.6) is 0 Å². The number of benzene rings is 1. The van der Waals surface area contributed by atoms with E-state index in [0.29, 0.717) is 5.69 Å². The van der Waals surface area contributed by atoms with Crippen LogP contribution in [0.2, 0.25) is 0 Å². The Morgan fingerprint density at radius 3 is 2.38 bits per heavy atom. The van der Waals surface area contributed by atoms with Crippen molar-refractivity contribution < 1.29 is 23.9 Å². The fraction of sp³-hybridized carbons (Fsp3) is 0.455. The molecule has 3 amide bonds. The van der Waals surface area contributed by atoms with Gasteiger partial charge in [0.2, 0.25) is 11.8 Å². The first-order valence-electron chi connectivity index (χ1n) is 10.0. The largest absolute Gasteiger partial charge is 0.454 e. The quantitative estimate of drug-likeness (QED) is 0.451. The molecule has 1 aliphatic heterocycles. The van der Waals surface area contributed by atoms with Crippen molar-refractivity contribution in [1.29, 1.82) is 0 Å². The number of carbonyl (C=O) groups excluding carboxylic acids is 4. The number of nitrogens with one attached hydrogen (secondary N) is 1. The van der Waals surface area contributed by atoms with Gasteiger partial charge in [-0.15, -0.1) is 0 Å². The monoisotopic (exact) mass is 396 g/mol. The van der Waals surface area contributed by atoms with Crippen LogP contribution >= 0.6 is 0 Å². The molecule has 1 saturated carbocycles. The van der Waals surface area contributed by atoms with Gasteiger partial charge in [-0.25, -0.2) is 4.79 Å². The summed E-state index contributed by atoms with van der Waals surface area (Å²) in [5, 5.41) is 2.72. The number of likely N-dealkylation sites (tertiary alicyclic amines) is 1. The van der Waals surface area contributed by atoms with E-state index in [4.69, 9.17) is 4.74 Å². The van der Waals surface area contributed by atoms with Crippen molar-refractivity contribution in [1.82, 2.24) is 4.90 Å². The molecule has 4 rings (SSSR count). The van der Waals surface area contributed by atoms with E-state index in [-0.39, 0.29) is 35.5 Å². The first-order chi connectivity index (χ1) is 13.9. The molecule has 0 spiro atoms. The van der Waals surface area contributed by atoms with Crippen LogP contribution in [-0.2, 0) is 30.3 Å². The Morgan fingerprint density at radius 1 is 1.14 bits per heavy atom. The van der Waals surface area contributed by atoms with Gasteiger partial charge in [0.05, 0.1) is 11.8 Å². The van der Waals surface area contributed by atoms with Crippen molar-refractivity contribution in [3.8, 4) is 0 Å². The molecule has 7 heteroatoms. The normalized spacial score (nSPS) is 27.9. The second-order valence-corrected chi connectivity index (χ2v) is 7.89. The predicted molar refractivity (Wildman–Crippen MR) is 104 cm³/mol. The van der Waals surface area contributed by atoms with E-state index >= 15 is 0 Å². The van der Waals surface area contributed by atoms with Crippen molar-refractivity contribution in [2.24, 2.45) is 23.7 Å². The summed E-state index contributed by atoms with van der Waals surface area (Å²) in [5.41, 5.74) is 1.65. The van der Waals surface area contributed by atoms with Crippen LogP contribution in [0.3, 0.4) is 0 Å². The van der Waals surface area contributed by atoms with Gasteiger partial charge in [-0.3, -0.25) is 19.3 Å². The fourth-order valence-electron chi connectivity index (χ4n) is 4.81. The van der Waals surface area contributed by atoms with E-state index in [9.17, 15) is 19.2 Å². The summed E-state index contributed by atoms with van der Waals surface area (Å²) >= 11 is 0. The maximum atomic E-state index is 12.8. The average Bonchev–Trinajstić information content (AvgIpc) is 3.40.